The zero-order valence-corrected chi connectivity index (χ0v) is 13.3. The van der Waals surface area contributed by atoms with Crippen LogP contribution in [0.25, 0.3) is 4.96 Å². The molecule has 112 valence electrons. The molecule has 2 heterocycles. The normalized spacial score (nSPS) is 13.1. The second kappa shape index (κ2) is 8.39. The Hall–Kier alpha value is -0.910. The molecule has 0 aliphatic carbocycles. The molecule has 0 spiro atoms. The molecule has 4 nitrogen and oxygen atoms in total. The first-order valence-corrected chi connectivity index (χ1v) is 8.43. The van der Waals surface area contributed by atoms with E-state index in [0.717, 1.165) is 50.4 Å². The monoisotopic (exact) mass is 295 g/mol. The predicted molar refractivity (Wildman–Crippen MR) is 84.6 cm³/mol. The van der Waals surface area contributed by atoms with Gasteiger partial charge < -0.3 is 10.1 Å². The van der Waals surface area contributed by atoms with E-state index in [4.69, 9.17) is 4.74 Å². The molecule has 0 aliphatic heterocycles. The minimum Gasteiger partial charge on any atom is -0.381 e. The van der Waals surface area contributed by atoms with E-state index in [9.17, 15) is 0 Å². The van der Waals surface area contributed by atoms with E-state index in [1.165, 1.54) is 5.69 Å². The molecule has 0 aromatic carbocycles. The highest BCUT2D eigenvalue weighted by Gasteiger charge is 2.12. The number of imidazole rings is 1. The molecule has 0 amide bonds. The lowest BCUT2D eigenvalue weighted by Gasteiger charge is -2.17. The SMILES string of the molecule is CCCNC(CCOCCC)Cc1cn2ccsc2n1. The maximum absolute atomic E-state index is 5.61. The Morgan fingerprint density at radius 3 is 3.00 bits per heavy atom. The summed E-state index contributed by atoms with van der Waals surface area (Å²) in [6, 6.07) is 0.455. The molecular weight excluding hydrogens is 270 g/mol. The van der Waals surface area contributed by atoms with E-state index < -0.39 is 0 Å². The molecule has 0 aliphatic rings. The lowest BCUT2D eigenvalue weighted by Crippen LogP contribution is -2.33. The van der Waals surface area contributed by atoms with Crippen molar-refractivity contribution in [3.05, 3.63) is 23.5 Å². The van der Waals surface area contributed by atoms with Crippen LogP contribution in [0.15, 0.2) is 17.8 Å². The highest BCUT2D eigenvalue weighted by atomic mass is 32.1. The molecule has 0 radical (unpaired) electrons. The minimum atomic E-state index is 0.455. The van der Waals surface area contributed by atoms with Gasteiger partial charge in [-0.15, -0.1) is 11.3 Å². The lowest BCUT2D eigenvalue weighted by molar-refractivity contribution is 0.124. The number of nitrogens with zero attached hydrogens (tertiary/aromatic N) is 2. The van der Waals surface area contributed by atoms with Gasteiger partial charge in [-0.25, -0.2) is 4.98 Å². The second-order valence-corrected chi connectivity index (χ2v) is 5.95. The molecule has 2 aromatic heterocycles. The van der Waals surface area contributed by atoms with Crippen LogP contribution < -0.4 is 5.32 Å². The first-order chi connectivity index (χ1) is 9.83. The molecular formula is C15H25N3OS. The van der Waals surface area contributed by atoms with Gasteiger partial charge in [0.15, 0.2) is 4.96 Å². The molecule has 1 N–H and O–H groups in total. The second-order valence-electron chi connectivity index (χ2n) is 5.08. The van der Waals surface area contributed by atoms with Crippen LogP contribution in [0, 0.1) is 0 Å². The summed E-state index contributed by atoms with van der Waals surface area (Å²) in [5, 5.41) is 5.67. The Balaban J connectivity index is 1.86. The summed E-state index contributed by atoms with van der Waals surface area (Å²) in [4.78, 5) is 5.75. The van der Waals surface area contributed by atoms with Gasteiger partial charge >= 0.3 is 0 Å². The number of hydrogen-bond acceptors (Lipinski definition) is 4. The van der Waals surface area contributed by atoms with Crippen LogP contribution in [0.5, 0.6) is 0 Å². The number of nitrogens with one attached hydrogen (secondary N) is 1. The zero-order valence-electron chi connectivity index (χ0n) is 12.5. The Labute approximate surface area is 125 Å². The lowest BCUT2D eigenvalue weighted by atomic mass is 10.1. The molecule has 0 fully saturated rings. The van der Waals surface area contributed by atoms with Gasteiger partial charge in [0.1, 0.15) is 0 Å². The molecule has 0 bridgehead atoms. The van der Waals surface area contributed by atoms with Gasteiger partial charge in [0.25, 0.3) is 0 Å². The molecule has 0 saturated carbocycles. The van der Waals surface area contributed by atoms with Gasteiger partial charge in [-0.1, -0.05) is 13.8 Å². The van der Waals surface area contributed by atoms with E-state index >= 15 is 0 Å². The van der Waals surface area contributed by atoms with Crippen molar-refractivity contribution < 1.29 is 4.74 Å². The van der Waals surface area contributed by atoms with Crippen molar-refractivity contribution in [2.24, 2.45) is 0 Å². The van der Waals surface area contributed by atoms with Crippen LogP contribution in [0.1, 0.15) is 38.8 Å². The average molecular weight is 295 g/mol. The summed E-state index contributed by atoms with van der Waals surface area (Å²) in [6.07, 6.45) is 8.47. The summed E-state index contributed by atoms with van der Waals surface area (Å²) in [6.45, 7) is 7.09. The number of hydrogen-bond donors (Lipinski definition) is 1. The number of aromatic nitrogens is 2. The van der Waals surface area contributed by atoms with Crippen LogP contribution in [-0.4, -0.2) is 35.2 Å². The summed E-state index contributed by atoms with van der Waals surface area (Å²) in [5.41, 5.74) is 1.17. The fourth-order valence-corrected chi connectivity index (χ4v) is 2.94. The Morgan fingerprint density at radius 2 is 2.25 bits per heavy atom. The first kappa shape index (κ1) is 15.5. The summed E-state index contributed by atoms with van der Waals surface area (Å²) in [7, 11) is 0. The van der Waals surface area contributed by atoms with Gasteiger partial charge in [0, 0.05) is 43.5 Å². The maximum atomic E-state index is 5.61. The van der Waals surface area contributed by atoms with E-state index in [1.54, 1.807) is 11.3 Å². The van der Waals surface area contributed by atoms with E-state index in [1.807, 2.05) is 0 Å². The van der Waals surface area contributed by atoms with Crippen molar-refractivity contribution >= 4 is 16.3 Å². The molecule has 2 aromatic rings. The van der Waals surface area contributed by atoms with Gasteiger partial charge in [0.05, 0.1) is 5.69 Å². The van der Waals surface area contributed by atoms with Gasteiger partial charge in [0.2, 0.25) is 0 Å². The Kier molecular flexibility index (Phi) is 6.50. The van der Waals surface area contributed by atoms with Crippen LogP contribution in [0.3, 0.4) is 0 Å². The third-order valence-electron chi connectivity index (χ3n) is 3.24. The third kappa shape index (κ3) is 4.58. The quantitative estimate of drug-likeness (QED) is 0.684. The fraction of sp³-hybridized carbons (Fsp3) is 0.667. The van der Waals surface area contributed by atoms with Crippen LogP contribution in [-0.2, 0) is 11.2 Å². The average Bonchev–Trinajstić information content (AvgIpc) is 3.01. The molecule has 20 heavy (non-hydrogen) atoms. The standard InChI is InChI=1S/C15H25N3OS/c1-3-6-16-13(5-9-19-8-4-2)11-14-12-18-7-10-20-15(18)17-14/h7,10,12-13,16H,3-6,8-9,11H2,1-2H3. The minimum absolute atomic E-state index is 0.455. The van der Waals surface area contributed by atoms with E-state index in [0.29, 0.717) is 6.04 Å². The fourth-order valence-electron chi connectivity index (χ4n) is 2.22. The van der Waals surface area contributed by atoms with Crippen molar-refractivity contribution in [3.8, 4) is 0 Å². The third-order valence-corrected chi connectivity index (χ3v) is 4.01. The molecule has 2 rings (SSSR count). The molecule has 1 atom stereocenters. The number of thiazole rings is 1. The smallest absolute Gasteiger partial charge is 0.193 e. The van der Waals surface area contributed by atoms with Crippen molar-refractivity contribution in [2.75, 3.05) is 19.8 Å². The van der Waals surface area contributed by atoms with Gasteiger partial charge in [-0.05, 0) is 25.8 Å². The van der Waals surface area contributed by atoms with Crippen molar-refractivity contribution in [2.45, 2.75) is 45.6 Å². The number of ether oxygens (including phenoxy) is 1. The highest BCUT2D eigenvalue weighted by Crippen LogP contribution is 2.13. The number of rotatable bonds is 10. The first-order valence-electron chi connectivity index (χ1n) is 7.55. The van der Waals surface area contributed by atoms with Crippen LogP contribution >= 0.6 is 11.3 Å². The highest BCUT2D eigenvalue weighted by molar-refractivity contribution is 7.15. The zero-order chi connectivity index (χ0) is 14.2. The van der Waals surface area contributed by atoms with Crippen molar-refractivity contribution in [1.82, 2.24) is 14.7 Å². The molecule has 1 unspecified atom stereocenters. The van der Waals surface area contributed by atoms with Crippen molar-refractivity contribution in [3.63, 3.8) is 0 Å². The summed E-state index contributed by atoms with van der Waals surface area (Å²) >= 11 is 1.68. The van der Waals surface area contributed by atoms with E-state index in [-0.39, 0.29) is 0 Å². The molecule has 0 saturated heterocycles. The molecule has 5 heteroatoms. The van der Waals surface area contributed by atoms with Crippen LogP contribution in [0.4, 0.5) is 0 Å². The van der Waals surface area contributed by atoms with Gasteiger partial charge in [-0.3, -0.25) is 4.40 Å². The van der Waals surface area contributed by atoms with E-state index in [2.05, 4.69) is 46.3 Å². The number of fused-ring (bicyclic) bond motifs is 1. The Bertz CT molecular complexity index is 465. The van der Waals surface area contributed by atoms with Gasteiger partial charge in [-0.2, -0.15) is 0 Å². The van der Waals surface area contributed by atoms with Crippen molar-refractivity contribution in [1.29, 1.82) is 0 Å². The van der Waals surface area contributed by atoms with Crippen LogP contribution in [0.2, 0.25) is 0 Å². The maximum Gasteiger partial charge on any atom is 0.193 e. The summed E-state index contributed by atoms with van der Waals surface area (Å²) < 4.78 is 7.71. The predicted octanol–water partition coefficient (Wildman–Crippen LogP) is 3.12. The largest absolute Gasteiger partial charge is 0.381 e. The Morgan fingerprint density at radius 1 is 1.35 bits per heavy atom. The summed E-state index contributed by atoms with van der Waals surface area (Å²) in [5.74, 6) is 0. The topological polar surface area (TPSA) is 38.6 Å².